The number of amides is 1. The molecule has 174 valence electrons. The van der Waals surface area contributed by atoms with Gasteiger partial charge in [0.25, 0.3) is 5.91 Å². The Morgan fingerprint density at radius 2 is 1.82 bits per heavy atom. The number of hydrogen-bond acceptors (Lipinski definition) is 4. The number of methoxy groups -OCH3 is 1. The van der Waals surface area contributed by atoms with Gasteiger partial charge in [-0.25, -0.2) is 4.68 Å². The van der Waals surface area contributed by atoms with Gasteiger partial charge in [0.05, 0.1) is 17.5 Å². The van der Waals surface area contributed by atoms with Crippen LogP contribution in [0.2, 0.25) is 5.02 Å². The highest BCUT2D eigenvalue weighted by atomic mass is 35.5. The zero-order valence-electron chi connectivity index (χ0n) is 17.7. The number of carbonyl (C=O) groups excluding carboxylic acids is 1. The lowest BCUT2D eigenvalue weighted by molar-refractivity contribution is -0.274. The summed E-state index contributed by atoms with van der Waals surface area (Å²) < 4.78 is 49.1. The fourth-order valence-corrected chi connectivity index (χ4v) is 3.99. The standard InChI is InChI=1S/C23H21ClF3N3O3/c1-32-18-8-10-29(11-9-18)22(31)20-14-21(30(28-20)17-6-3-5-16(24)13-17)15-4-2-7-19(12-15)33-23(25,26)27/h2-7,12-14,18H,8-11H2,1H3. The maximum absolute atomic E-state index is 13.2. The normalized spacial score (nSPS) is 15.0. The minimum Gasteiger partial charge on any atom is -0.406 e. The summed E-state index contributed by atoms with van der Waals surface area (Å²) >= 11 is 6.14. The van der Waals surface area contributed by atoms with Crippen molar-refractivity contribution in [2.75, 3.05) is 20.2 Å². The Labute approximate surface area is 193 Å². The van der Waals surface area contributed by atoms with Gasteiger partial charge in [-0.15, -0.1) is 13.2 Å². The summed E-state index contributed by atoms with van der Waals surface area (Å²) in [7, 11) is 1.65. The number of halogens is 4. The topological polar surface area (TPSA) is 56.6 Å². The molecular formula is C23H21ClF3N3O3. The van der Waals surface area contributed by atoms with Gasteiger partial charge in [-0.05, 0) is 49.2 Å². The van der Waals surface area contributed by atoms with Crippen LogP contribution in [0, 0.1) is 0 Å². The van der Waals surface area contributed by atoms with Crippen LogP contribution in [0.4, 0.5) is 13.2 Å². The molecule has 0 bridgehead atoms. The maximum atomic E-state index is 13.2. The Bertz CT molecular complexity index is 1140. The van der Waals surface area contributed by atoms with Crippen LogP contribution in [0.5, 0.6) is 5.75 Å². The number of rotatable bonds is 5. The second kappa shape index (κ2) is 9.44. The number of piperidine rings is 1. The zero-order chi connectivity index (χ0) is 23.6. The van der Waals surface area contributed by atoms with Crippen molar-refractivity contribution in [1.82, 2.24) is 14.7 Å². The SMILES string of the molecule is COC1CCN(C(=O)c2cc(-c3cccc(OC(F)(F)F)c3)n(-c3cccc(Cl)c3)n2)CC1. The molecule has 3 aromatic rings. The number of alkyl halides is 3. The Morgan fingerprint density at radius 1 is 1.09 bits per heavy atom. The molecule has 2 heterocycles. The number of carbonyl (C=O) groups is 1. The first-order chi connectivity index (χ1) is 15.7. The van der Waals surface area contributed by atoms with Crippen LogP contribution in [0.15, 0.2) is 54.6 Å². The van der Waals surface area contributed by atoms with E-state index in [1.54, 1.807) is 48.4 Å². The molecule has 33 heavy (non-hydrogen) atoms. The Balaban J connectivity index is 1.72. The van der Waals surface area contributed by atoms with Crippen LogP contribution >= 0.6 is 11.6 Å². The molecule has 1 aliphatic rings. The van der Waals surface area contributed by atoms with Gasteiger partial charge in [0, 0.05) is 30.8 Å². The monoisotopic (exact) mass is 479 g/mol. The fourth-order valence-electron chi connectivity index (χ4n) is 3.81. The summed E-state index contributed by atoms with van der Waals surface area (Å²) in [4.78, 5) is 14.9. The highest BCUT2D eigenvalue weighted by Crippen LogP contribution is 2.31. The average molecular weight is 480 g/mol. The zero-order valence-corrected chi connectivity index (χ0v) is 18.4. The Hall–Kier alpha value is -3.04. The summed E-state index contributed by atoms with van der Waals surface area (Å²) in [6, 6.07) is 13.9. The molecule has 6 nitrogen and oxygen atoms in total. The van der Waals surface area contributed by atoms with Gasteiger partial charge in [0.15, 0.2) is 5.69 Å². The molecule has 1 saturated heterocycles. The first kappa shape index (κ1) is 23.1. The van der Waals surface area contributed by atoms with E-state index in [4.69, 9.17) is 16.3 Å². The van der Waals surface area contributed by atoms with Crippen LogP contribution < -0.4 is 4.74 Å². The van der Waals surface area contributed by atoms with Crippen molar-refractivity contribution in [2.45, 2.75) is 25.3 Å². The lowest BCUT2D eigenvalue weighted by atomic mass is 10.1. The quantitative estimate of drug-likeness (QED) is 0.495. The summed E-state index contributed by atoms with van der Waals surface area (Å²) in [6.07, 6.45) is -3.26. The number of nitrogens with zero attached hydrogens (tertiary/aromatic N) is 3. The number of benzene rings is 2. The van der Waals surface area contributed by atoms with Crippen molar-refractivity contribution >= 4 is 17.5 Å². The molecule has 10 heteroatoms. The van der Waals surface area contributed by atoms with Gasteiger partial charge in [0.1, 0.15) is 5.75 Å². The Morgan fingerprint density at radius 3 is 2.48 bits per heavy atom. The van der Waals surface area contributed by atoms with Gasteiger partial charge in [0.2, 0.25) is 0 Å². The van der Waals surface area contributed by atoms with Crippen LogP contribution in [0.25, 0.3) is 16.9 Å². The molecule has 1 aromatic heterocycles. The van der Waals surface area contributed by atoms with E-state index in [-0.39, 0.29) is 23.5 Å². The third-order valence-corrected chi connectivity index (χ3v) is 5.64. The van der Waals surface area contributed by atoms with Crippen LogP contribution in [0.1, 0.15) is 23.3 Å². The largest absolute Gasteiger partial charge is 0.573 e. The van der Waals surface area contributed by atoms with Crippen molar-refractivity contribution in [2.24, 2.45) is 0 Å². The molecule has 2 aromatic carbocycles. The van der Waals surface area contributed by atoms with E-state index >= 15 is 0 Å². The molecule has 0 atom stereocenters. The summed E-state index contributed by atoms with van der Waals surface area (Å²) in [5.74, 6) is -0.623. The number of aromatic nitrogens is 2. The number of ether oxygens (including phenoxy) is 2. The number of hydrogen-bond donors (Lipinski definition) is 0. The minimum absolute atomic E-state index is 0.116. The second-order valence-corrected chi connectivity index (χ2v) is 8.05. The molecule has 1 fully saturated rings. The molecular weight excluding hydrogens is 459 g/mol. The van der Waals surface area contributed by atoms with Crippen molar-refractivity contribution in [3.8, 4) is 22.7 Å². The van der Waals surface area contributed by atoms with E-state index in [0.29, 0.717) is 35.1 Å². The van der Waals surface area contributed by atoms with Gasteiger partial charge in [-0.1, -0.05) is 29.8 Å². The molecule has 0 radical (unpaired) electrons. The predicted octanol–water partition coefficient (Wildman–Crippen LogP) is 5.34. The van der Waals surface area contributed by atoms with Crippen LogP contribution in [-0.2, 0) is 4.74 Å². The smallest absolute Gasteiger partial charge is 0.406 e. The number of likely N-dealkylation sites (tertiary alicyclic amines) is 1. The molecule has 1 amide bonds. The molecule has 0 unspecified atom stereocenters. The molecule has 4 rings (SSSR count). The van der Waals surface area contributed by atoms with E-state index in [0.717, 1.165) is 12.8 Å². The minimum atomic E-state index is -4.82. The second-order valence-electron chi connectivity index (χ2n) is 7.61. The summed E-state index contributed by atoms with van der Waals surface area (Å²) in [5.41, 5.74) is 1.58. The molecule has 0 N–H and O–H groups in total. The highest BCUT2D eigenvalue weighted by Gasteiger charge is 2.31. The van der Waals surface area contributed by atoms with Crippen molar-refractivity contribution in [3.05, 3.63) is 65.3 Å². The van der Waals surface area contributed by atoms with E-state index in [1.807, 2.05) is 0 Å². The summed E-state index contributed by atoms with van der Waals surface area (Å²) in [6.45, 7) is 1.07. The average Bonchev–Trinajstić information content (AvgIpc) is 3.23. The van der Waals surface area contributed by atoms with Crippen LogP contribution in [-0.4, -0.2) is 53.3 Å². The van der Waals surface area contributed by atoms with Crippen molar-refractivity contribution in [3.63, 3.8) is 0 Å². The first-order valence-electron chi connectivity index (χ1n) is 10.3. The molecule has 0 spiro atoms. The van der Waals surface area contributed by atoms with Gasteiger partial charge in [-0.2, -0.15) is 5.10 Å². The molecule has 0 saturated carbocycles. The van der Waals surface area contributed by atoms with E-state index < -0.39 is 6.36 Å². The van der Waals surface area contributed by atoms with Crippen molar-refractivity contribution < 1.29 is 27.4 Å². The lowest BCUT2D eigenvalue weighted by Gasteiger charge is -2.30. The van der Waals surface area contributed by atoms with E-state index in [2.05, 4.69) is 9.84 Å². The van der Waals surface area contributed by atoms with Crippen LogP contribution in [0.3, 0.4) is 0 Å². The molecule has 1 aliphatic heterocycles. The molecule has 0 aliphatic carbocycles. The Kier molecular flexibility index (Phi) is 6.62. The van der Waals surface area contributed by atoms with Gasteiger partial charge >= 0.3 is 6.36 Å². The first-order valence-corrected chi connectivity index (χ1v) is 10.7. The van der Waals surface area contributed by atoms with Gasteiger partial charge in [-0.3, -0.25) is 4.79 Å². The van der Waals surface area contributed by atoms with E-state index in [1.165, 1.54) is 22.9 Å². The van der Waals surface area contributed by atoms with E-state index in [9.17, 15) is 18.0 Å². The maximum Gasteiger partial charge on any atom is 0.573 e. The van der Waals surface area contributed by atoms with Crippen molar-refractivity contribution in [1.29, 1.82) is 0 Å². The lowest BCUT2D eigenvalue weighted by Crippen LogP contribution is -2.40. The third-order valence-electron chi connectivity index (χ3n) is 5.41. The highest BCUT2D eigenvalue weighted by molar-refractivity contribution is 6.30. The fraction of sp³-hybridized carbons (Fsp3) is 0.304. The predicted molar refractivity (Wildman–Crippen MR) is 117 cm³/mol. The summed E-state index contributed by atoms with van der Waals surface area (Å²) in [5, 5.41) is 4.95. The van der Waals surface area contributed by atoms with Gasteiger partial charge < -0.3 is 14.4 Å². The third kappa shape index (κ3) is 5.48.